The Balaban J connectivity index is 1.40. The zero-order valence-corrected chi connectivity index (χ0v) is 14.9. The number of para-hydroxylation sites is 1. The van der Waals surface area contributed by atoms with Crippen molar-refractivity contribution >= 4 is 20.8 Å². The van der Waals surface area contributed by atoms with Crippen LogP contribution in [0.4, 0.5) is 0 Å². The number of furan rings is 1. The standard InChI is InChI=1S/C18H24N2O3S/c1-14-17(16-4-2-3-5-18(16)23-14)12-19-7-9-20(10-8-19)15-6-11-24(21,22)13-15/h2-5,15H,6-13H2,1H3/t15-/m0/s1. The number of hydrogen-bond donors (Lipinski definition) is 0. The fraction of sp³-hybridized carbons (Fsp3) is 0.556. The van der Waals surface area contributed by atoms with Crippen molar-refractivity contribution in [1.82, 2.24) is 9.80 Å². The van der Waals surface area contributed by atoms with Crippen molar-refractivity contribution in [2.75, 3.05) is 37.7 Å². The lowest BCUT2D eigenvalue weighted by atomic mass is 10.1. The molecule has 130 valence electrons. The van der Waals surface area contributed by atoms with Gasteiger partial charge >= 0.3 is 0 Å². The van der Waals surface area contributed by atoms with Crippen LogP contribution in [0.1, 0.15) is 17.7 Å². The molecule has 6 heteroatoms. The van der Waals surface area contributed by atoms with Gasteiger partial charge in [0.1, 0.15) is 11.3 Å². The van der Waals surface area contributed by atoms with Gasteiger partial charge in [0.2, 0.25) is 0 Å². The molecule has 0 saturated carbocycles. The summed E-state index contributed by atoms with van der Waals surface area (Å²) in [5, 5.41) is 1.21. The minimum absolute atomic E-state index is 0.230. The van der Waals surface area contributed by atoms with Gasteiger partial charge in [0.15, 0.2) is 9.84 Å². The molecule has 5 nitrogen and oxygen atoms in total. The molecule has 24 heavy (non-hydrogen) atoms. The molecule has 2 aliphatic heterocycles. The van der Waals surface area contributed by atoms with Crippen LogP contribution in [0.15, 0.2) is 28.7 Å². The molecular formula is C18H24N2O3S. The third-order valence-corrected chi connectivity index (χ3v) is 7.16. The van der Waals surface area contributed by atoms with Gasteiger partial charge in [0.05, 0.1) is 11.5 Å². The molecule has 2 saturated heterocycles. The van der Waals surface area contributed by atoms with E-state index in [4.69, 9.17) is 4.42 Å². The van der Waals surface area contributed by atoms with Crippen LogP contribution >= 0.6 is 0 Å². The molecule has 0 amide bonds. The molecule has 0 bridgehead atoms. The summed E-state index contributed by atoms with van der Waals surface area (Å²) in [6, 6.07) is 8.43. The van der Waals surface area contributed by atoms with Crippen LogP contribution in [0.3, 0.4) is 0 Å². The van der Waals surface area contributed by atoms with Crippen LogP contribution in [-0.4, -0.2) is 61.9 Å². The second-order valence-corrected chi connectivity index (χ2v) is 9.23. The summed E-state index contributed by atoms with van der Waals surface area (Å²) < 4.78 is 29.2. The van der Waals surface area contributed by atoms with Gasteiger partial charge in [-0.3, -0.25) is 9.80 Å². The first-order chi connectivity index (χ1) is 11.5. The highest BCUT2D eigenvalue weighted by atomic mass is 32.2. The molecule has 0 N–H and O–H groups in total. The predicted molar refractivity (Wildman–Crippen MR) is 94.9 cm³/mol. The molecule has 1 atom stereocenters. The van der Waals surface area contributed by atoms with Gasteiger partial charge < -0.3 is 4.42 Å². The van der Waals surface area contributed by atoms with Crippen molar-refractivity contribution in [2.45, 2.75) is 25.9 Å². The molecule has 1 aromatic carbocycles. The van der Waals surface area contributed by atoms with Crippen LogP contribution < -0.4 is 0 Å². The van der Waals surface area contributed by atoms with Gasteiger partial charge in [-0.2, -0.15) is 0 Å². The largest absolute Gasteiger partial charge is 0.461 e. The molecule has 3 heterocycles. The Labute approximate surface area is 143 Å². The molecule has 0 spiro atoms. The summed E-state index contributed by atoms with van der Waals surface area (Å²) in [7, 11) is -2.80. The maximum absolute atomic E-state index is 11.7. The molecule has 4 rings (SSSR count). The lowest BCUT2D eigenvalue weighted by Crippen LogP contribution is -2.50. The van der Waals surface area contributed by atoms with Crippen LogP contribution in [-0.2, 0) is 16.4 Å². The predicted octanol–water partition coefficient (Wildman–Crippen LogP) is 2.05. The van der Waals surface area contributed by atoms with Crippen molar-refractivity contribution in [1.29, 1.82) is 0 Å². The molecule has 0 unspecified atom stereocenters. The van der Waals surface area contributed by atoms with Crippen molar-refractivity contribution < 1.29 is 12.8 Å². The molecule has 0 aliphatic carbocycles. The Bertz CT molecular complexity index is 835. The number of rotatable bonds is 3. The molecule has 2 aromatic rings. The number of aryl methyl sites for hydroxylation is 1. The van der Waals surface area contributed by atoms with Crippen molar-refractivity contribution in [2.24, 2.45) is 0 Å². The second kappa shape index (κ2) is 6.17. The number of sulfone groups is 1. The number of fused-ring (bicyclic) bond motifs is 1. The third kappa shape index (κ3) is 3.10. The number of hydrogen-bond acceptors (Lipinski definition) is 5. The van der Waals surface area contributed by atoms with Gasteiger partial charge in [0, 0.05) is 49.7 Å². The van der Waals surface area contributed by atoms with E-state index in [9.17, 15) is 8.42 Å². The first-order valence-corrected chi connectivity index (χ1v) is 10.5. The van der Waals surface area contributed by atoms with E-state index in [1.54, 1.807) is 0 Å². The van der Waals surface area contributed by atoms with Crippen LogP contribution in [0.25, 0.3) is 11.0 Å². The van der Waals surface area contributed by atoms with Gasteiger partial charge in [-0.15, -0.1) is 0 Å². The van der Waals surface area contributed by atoms with Crippen molar-refractivity contribution in [3.05, 3.63) is 35.6 Å². The molecular weight excluding hydrogens is 324 g/mol. The molecule has 1 aromatic heterocycles. The number of benzene rings is 1. The number of piperazine rings is 1. The first kappa shape index (κ1) is 16.1. The quantitative estimate of drug-likeness (QED) is 0.850. The zero-order chi connectivity index (χ0) is 16.7. The normalized spacial score (nSPS) is 25.5. The minimum atomic E-state index is -2.80. The Morgan fingerprint density at radius 2 is 1.92 bits per heavy atom. The van der Waals surface area contributed by atoms with E-state index in [1.807, 2.05) is 19.1 Å². The first-order valence-electron chi connectivity index (χ1n) is 8.66. The van der Waals surface area contributed by atoms with Gasteiger partial charge in [-0.1, -0.05) is 18.2 Å². The lowest BCUT2D eigenvalue weighted by Gasteiger charge is -2.37. The summed E-state index contributed by atoms with van der Waals surface area (Å²) in [6.45, 7) is 6.81. The molecule has 0 radical (unpaired) electrons. The SMILES string of the molecule is Cc1oc2ccccc2c1CN1CCN([C@H]2CCS(=O)(=O)C2)CC1. The van der Waals surface area contributed by atoms with Crippen LogP contribution in [0, 0.1) is 6.92 Å². The smallest absolute Gasteiger partial charge is 0.151 e. The summed E-state index contributed by atoms with van der Waals surface area (Å²) in [4.78, 5) is 4.81. The Morgan fingerprint density at radius 1 is 1.17 bits per heavy atom. The second-order valence-electron chi connectivity index (χ2n) is 7.00. The topological polar surface area (TPSA) is 53.8 Å². The van der Waals surface area contributed by atoms with Crippen LogP contribution in [0.2, 0.25) is 0 Å². The summed E-state index contributed by atoms with van der Waals surface area (Å²) >= 11 is 0. The summed E-state index contributed by atoms with van der Waals surface area (Å²) in [5.41, 5.74) is 2.24. The van der Waals surface area contributed by atoms with E-state index in [0.29, 0.717) is 11.5 Å². The number of nitrogens with zero attached hydrogens (tertiary/aromatic N) is 2. The highest BCUT2D eigenvalue weighted by molar-refractivity contribution is 7.91. The fourth-order valence-electron chi connectivity index (χ4n) is 3.99. The Kier molecular flexibility index (Phi) is 4.14. The van der Waals surface area contributed by atoms with Crippen molar-refractivity contribution in [3.63, 3.8) is 0 Å². The Morgan fingerprint density at radius 3 is 2.62 bits per heavy atom. The molecule has 2 aliphatic rings. The van der Waals surface area contributed by atoms with E-state index in [0.717, 1.165) is 50.5 Å². The maximum Gasteiger partial charge on any atom is 0.151 e. The minimum Gasteiger partial charge on any atom is -0.461 e. The summed E-state index contributed by atoms with van der Waals surface area (Å²) in [6.07, 6.45) is 0.799. The average Bonchev–Trinajstić information content (AvgIpc) is 3.08. The van der Waals surface area contributed by atoms with E-state index in [1.165, 1.54) is 10.9 Å². The maximum atomic E-state index is 11.7. The van der Waals surface area contributed by atoms with Gasteiger partial charge in [-0.05, 0) is 19.4 Å². The van der Waals surface area contributed by atoms with E-state index in [-0.39, 0.29) is 6.04 Å². The van der Waals surface area contributed by atoms with Gasteiger partial charge in [0.25, 0.3) is 0 Å². The van der Waals surface area contributed by atoms with Gasteiger partial charge in [-0.25, -0.2) is 8.42 Å². The highest BCUT2D eigenvalue weighted by Crippen LogP contribution is 2.27. The summed E-state index contributed by atoms with van der Waals surface area (Å²) in [5.74, 6) is 1.71. The van der Waals surface area contributed by atoms with E-state index >= 15 is 0 Å². The zero-order valence-electron chi connectivity index (χ0n) is 14.1. The van der Waals surface area contributed by atoms with Crippen molar-refractivity contribution in [3.8, 4) is 0 Å². The molecule has 2 fully saturated rings. The average molecular weight is 348 g/mol. The third-order valence-electron chi connectivity index (χ3n) is 5.41. The highest BCUT2D eigenvalue weighted by Gasteiger charge is 2.33. The fourth-order valence-corrected chi connectivity index (χ4v) is 5.75. The Hall–Kier alpha value is -1.37. The van der Waals surface area contributed by atoms with Crippen LogP contribution in [0.5, 0.6) is 0 Å². The van der Waals surface area contributed by atoms with E-state index < -0.39 is 9.84 Å². The van der Waals surface area contributed by atoms with E-state index in [2.05, 4.69) is 21.9 Å². The monoisotopic (exact) mass is 348 g/mol. The lowest BCUT2D eigenvalue weighted by molar-refractivity contribution is 0.1000.